The summed E-state index contributed by atoms with van der Waals surface area (Å²) in [5.74, 6) is 0.334. The molecule has 0 spiro atoms. The van der Waals surface area contributed by atoms with E-state index in [-0.39, 0.29) is 24.5 Å². The summed E-state index contributed by atoms with van der Waals surface area (Å²) in [5.41, 5.74) is 1.51. The zero-order valence-electron chi connectivity index (χ0n) is 12.9. The Morgan fingerprint density at radius 1 is 1.32 bits per heavy atom. The number of ether oxygens (including phenoxy) is 2. The monoisotopic (exact) mass is 393 g/mol. The maximum Gasteiger partial charge on any atom is 0.293 e. The topological polar surface area (TPSA) is 55.8 Å². The first-order valence-electron chi connectivity index (χ1n) is 7.42. The fourth-order valence-electron chi connectivity index (χ4n) is 2.68. The van der Waals surface area contributed by atoms with E-state index in [0.29, 0.717) is 27.8 Å². The third-order valence-corrected chi connectivity index (χ3v) is 5.72. The molecule has 0 bridgehead atoms. The van der Waals surface area contributed by atoms with E-state index in [4.69, 9.17) is 21.1 Å². The summed E-state index contributed by atoms with van der Waals surface area (Å²) in [5, 5.41) is 2.14. The van der Waals surface area contributed by atoms with Crippen molar-refractivity contribution < 1.29 is 19.1 Å². The number of fused-ring (bicyclic) bond motifs is 1. The first-order valence-corrected chi connectivity index (χ1v) is 9.50. The Kier molecular flexibility index (Phi) is 4.56. The van der Waals surface area contributed by atoms with E-state index in [1.807, 2.05) is 17.5 Å². The number of hydrogen-bond donors (Lipinski definition) is 0. The molecular formula is C17H12ClNO4S2. The number of halogens is 1. The largest absolute Gasteiger partial charge is 0.467 e. The fourth-order valence-corrected chi connectivity index (χ4v) is 4.51. The van der Waals surface area contributed by atoms with Crippen LogP contribution in [0.5, 0.6) is 5.75 Å². The van der Waals surface area contributed by atoms with Crippen LogP contribution in [0.1, 0.15) is 16.0 Å². The third-order valence-electron chi connectivity index (χ3n) is 3.77. The second-order valence-electron chi connectivity index (χ2n) is 5.45. The highest BCUT2D eigenvalue weighted by Crippen LogP contribution is 2.37. The maximum atomic E-state index is 12.6. The highest BCUT2D eigenvalue weighted by Gasteiger charge is 2.36. The molecule has 0 aliphatic carbocycles. The molecule has 3 heterocycles. The highest BCUT2D eigenvalue weighted by atomic mass is 35.5. The molecule has 1 fully saturated rings. The number of thiophene rings is 1. The molecule has 0 unspecified atom stereocenters. The van der Waals surface area contributed by atoms with Gasteiger partial charge in [-0.05, 0) is 41.4 Å². The maximum absolute atomic E-state index is 12.6. The minimum Gasteiger partial charge on any atom is -0.467 e. The van der Waals surface area contributed by atoms with Crippen molar-refractivity contribution >= 4 is 51.9 Å². The Hall–Kier alpha value is -1.80. The van der Waals surface area contributed by atoms with Crippen LogP contribution in [0.4, 0.5) is 4.79 Å². The van der Waals surface area contributed by atoms with Crippen LogP contribution in [0.3, 0.4) is 0 Å². The van der Waals surface area contributed by atoms with Crippen LogP contribution in [0, 0.1) is 0 Å². The van der Waals surface area contributed by atoms with Crippen LogP contribution in [0.15, 0.2) is 34.6 Å². The van der Waals surface area contributed by atoms with E-state index in [1.54, 1.807) is 18.2 Å². The van der Waals surface area contributed by atoms with E-state index in [2.05, 4.69) is 0 Å². The molecule has 128 valence electrons. The number of hydrogen-bond acceptors (Lipinski definition) is 6. The molecule has 8 heteroatoms. The van der Waals surface area contributed by atoms with Crippen molar-refractivity contribution in [1.29, 1.82) is 0 Å². The van der Waals surface area contributed by atoms with Gasteiger partial charge in [0.25, 0.3) is 11.1 Å². The van der Waals surface area contributed by atoms with Crippen molar-refractivity contribution in [3.05, 3.63) is 55.6 Å². The lowest BCUT2D eigenvalue weighted by Crippen LogP contribution is -2.28. The molecule has 2 aromatic rings. The van der Waals surface area contributed by atoms with Gasteiger partial charge < -0.3 is 9.47 Å². The van der Waals surface area contributed by atoms with Crippen LogP contribution in [0.2, 0.25) is 5.02 Å². The first-order chi connectivity index (χ1) is 12.1. The number of nitrogens with zero attached hydrogens (tertiary/aromatic N) is 1. The minimum atomic E-state index is -0.302. The number of carbonyl (C=O) groups is 2. The van der Waals surface area contributed by atoms with E-state index in [9.17, 15) is 9.59 Å². The van der Waals surface area contributed by atoms with Gasteiger partial charge in [-0.15, -0.1) is 11.3 Å². The van der Waals surface area contributed by atoms with Crippen LogP contribution in [-0.2, 0) is 22.7 Å². The van der Waals surface area contributed by atoms with Crippen LogP contribution in [0.25, 0.3) is 6.08 Å². The molecule has 5 nitrogen and oxygen atoms in total. The predicted octanol–water partition coefficient (Wildman–Crippen LogP) is 4.50. The molecule has 0 N–H and O–H groups in total. The summed E-state index contributed by atoms with van der Waals surface area (Å²) in [7, 11) is 0. The molecule has 0 atom stereocenters. The fraction of sp³-hybridized carbons (Fsp3) is 0.176. The molecule has 0 saturated carbocycles. The van der Waals surface area contributed by atoms with Crippen molar-refractivity contribution in [3.63, 3.8) is 0 Å². The average Bonchev–Trinajstić information content (AvgIpc) is 3.19. The van der Waals surface area contributed by atoms with Crippen molar-refractivity contribution in [3.8, 4) is 5.75 Å². The molecule has 2 aliphatic heterocycles. The smallest absolute Gasteiger partial charge is 0.293 e. The second kappa shape index (κ2) is 6.84. The number of thioether (sulfide) groups is 1. The molecule has 2 aliphatic rings. The Morgan fingerprint density at radius 2 is 2.20 bits per heavy atom. The lowest BCUT2D eigenvalue weighted by molar-refractivity contribution is -0.123. The summed E-state index contributed by atoms with van der Waals surface area (Å²) >= 11 is 8.61. The minimum absolute atomic E-state index is 0.120. The molecule has 1 saturated heterocycles. The van der Waals surface area contributed by atoms with E-state index >= 15 is 0 Å². The van der Waals surface area contributed by atoms with Gasteiger partial charge in [0.15, 0.2) is 6.79 Å². The predicted molar refractivity (Wildman–Crippen MR) is 97.6 cm³/mol. The van der Waals surface area contributed by atoms with Gasteiger partial charge in [0.2, 0.25) is 0 Å². The van der Waals surface area contributed by atoms with Crippen LogP contribution < -0.4 is 4.74 Å². The van der Waals surface area contributed by atoms with Gasteiger partial charge in [-0.1, -0.05) is 17.7 Å². The van der Waals surface area contributed by atoms with Gasteiger partial charge in [0, 0.05) is 21.0 Å². The Morgan fingerprint density at radius 3 is 3.00 bits per heavy atom. The summed E-state index contributed by atoms with van der Waals surface area (Å²) < 4.78 is 10.8. The Balaban J connectivity index is 1.62. The highest BCUT2D eigenvalue weighted by molar-refractivity contribution is 8.18. The number of rotatable bonds is 3. The van der Waals surface area contributed by atoms with Gasteiger partial charge in [-0.25, -0.2) is 0 Å². The molecular weight excluding hydrogens is 382 g/mol. The lowest BCUT2D eigenvalue weighted by atomic mass is 10.1. The third kappa shape index (κ3) is 3.32. The molecule has 0 radical (unpaired) electrons. The van der Waals surface area contributed by atoms with Crippen LogP contribution in [-0.4, -0.2) is 22.8 Å². The Labute approximate surface area is 157 Å². The molecule has 4 rings (SSSR count). The zero-order valence-corrected chi connectivity index (χ0v) is 15.2. The number of amides is 2. The summed E-state index contributed by atoms with van der Waals surface area (Å²) in [6.45, 7) is 0.653. The van der Waals surface area contributed by atoms with Gasteiger partial charge in [-0.3, -0.25) is 14.5 Å². The van der Waals surface area contributed by atoms with E-state index < -0.39 is 0 Å². The molecule has 2 amide bonds. The summed E-state index contributed by atoms with van der Waals surface area (Å²) in [4.78, 5) is 27.5. The van der Waals surface area contributed by atoms with Crippen LogP contribution >= 0.6 is 34.7 Å². The number of imide groups is 1. The van der Waals surface area contributed by atoms with Gasteiger partial charge in [-0.2, -0.15) is 0 Å². The van der Waals surface area contributed by atoms with Crippen molar-refractivity contribution in [1.82, 2.24) is 4.90 Å². The summed E-state index contributed by atoms with van der Waals surface area (Å²) in [6.07, 6.45) is 1.74. The quantitative estimate of drug-likeness (QED) is 0.718. The van der Waals surface area contributed by atoms with Gasteiger partial charge >= 0.3 is 0 Å². The van der Waals surface area contributed by atoms with E-state index in [0.717, 1.165) is 22.2 Å². The van der Waals surface area contributed by atoms with Crippen molar-refractivity contribution in [2.45, 2.75) is 13.2 Å². The first kappa shape index (κ1) is 16.7. The SMILES string of the molecule is O=C1S/C(=C\c2cccs2)C(=O)N1Cc1cc(Cl)cc2c1OCOC2. The molecule has 1 aromatic carbocycles. The number of carbonyl (C=O) groups excluding carboxylic acids is 2. The summed E-state index contributed by atoms with van der Waals surface area (Å²) in [6, 6.07) is 7.29. The van der Waals surface area contributed by atoms with Crippen molar-refractivity contribution in [2.75, 3.05) is 6.79 Å². The van der Waals surface area contributed by atoms with Crippen molar-refractivity contribution in [2.24, 2.45) is 0 Å². The van der Waals surface area contributed by atoms with Gasteiger partial charge in [0.1, 0.15) is 5.75 Å². The van der Waals surface area contributed by atoms with E-state index in [1.165, 1.54) is 16.2 Å². The second-order valence-corrected chi connectivity index (χ2v) is 7.86. The zero-order chi connectivity index (χ0) is 17.4. The molecule has 25 heavy (non-hydrogen) atoms. The average molecular weight is 394 g/mol. The standard InChI is InChI=1S/C17H12ClNO4S2/c18-12-4-10(15-11(5-12)8-22-9-23-15)7-19-16(20)14(25-17(19)21)6-13-2-1-3-24-13/h1-6H,7-9H2/b14-6-. The van der Waals surface area contributed by atoms with Gasteiger partial charge in [0.05, 0.1) is 18.1 Å². The lowest BCUT2D eigenvalue weighted by Gasteiger charge is -2.22. The number of benzene rings is 1. The molecule has 1 aromatic heterocycles. The Bertz CT molecular complexity index is 879. The normalized spacial score (nSPS) is 18.6.